The van der Waals surface area contributed by atoms with Gasteiger partial charge in [0, 0.05) is 17.3 Å². The van der Waals surface area contributed by atoms with Gasteiger partial charge in [-0.05, 0) is 32.0 Å². The Labute approximate surface area is 121 Å². The molecule has 2 aliphatic heterocycles. The van der Waals surface area contributed by atoms with Gasteiger partial charge in [-0.15, -0.1) is 0 Å². The Hall–Kier alpha value is -0.870. The zero-order valence-electron chi connectivity index (χ0n) is 11.1. The summed E-state index contributed by atoms with van der Waals surface area (Å²) in [6, 6.07) is 5.60. The minimum atomic E-state index is -0.387. The summed E-state index contributed by atoms with van der Waals surface area (Å²) in [7, 11) is 0. The van der Waals surface area contributed by atoms with Gasteiger partial charge in [-0.1, -0.05) is 15.9 Å². The van der Waals surface area contributed by atoms with Crippen LogP contribution < -0.4 is 4.74 Å². The first kappa shape index (κ1) is 13.1. The van der Waals surface area contributed by atoms with Crippen LogP contribution >= 0.6 is 15.9 Å². The van der Waals surface area contributed by atoms with Gasteiger partial charge in [0.1, 0.15) is 11.4 Å². The Morgan fingerprint density at radius 3 is 2.63 bits per heavy atom. The maximum Gasteiger partial charge on any atom is 0.170 e. The van der Waals surface area contributed by atoms with Crippen LogP contribution in [0, 0.1) is 0 Å². The molecule has 0 aliphatic carbocycles. The highest BCUT2D eigenvalue weighted by atomic mass is 79.9. The molecule has 1 fully saturated rings. The fourth-order valence-electron chi connectivity index (χ4n) is 3.32. The van der Waals surface area contributed by atoms with Crippen molar-refractivity contribution in [1.29, 1.82) is 0 Å². The van der Waals surface area contributed by atoms with Crippen molar-refractivity contribution in [3.8, 4) is 5.75 Å². The van der Waals surface area contributed by atoms with Crippen LogP contribution in [0.4, 0.5) is 0 Å². The number of halogens is 1. The Balaban J connectivity index is 1.97. The van der Waals surface area contributed by atoms with Crippen molar-refractivity contribution in [2.24, 2.45) is 0 Å². The second-order valence-electron chi connectivity index (χ2n) is 5.69. The average molecular weight is 325 g/mol. The Bertz CT molecular complexity index is 516. The standard InChI is InChI=1S/C15H17BrO3/c1-9-6-15(7-10(2)18-9)8-13(17)12-4-3-11(16)5-14(12)19-15/h3-5,9-10H,6-8H2,1-2H3. The summed E-state index contributed by atoms with van der Waals surface area (Å²) in [5, 5.41) is 0. The van der Waals surface area contributed by atoms with Gasteiger partial charge in [-0.3, -0.25) is 4.79 Å². The summed E-state index contributed by atoms with van der Waals surface area (Å²) in [5.41, 5.74) is 0.308. The molecule has 4 heteroatoms. The number of benzene rings is 1. The van der Waals surface area contributed by atoms with E-state index in [9.17, 15) is 4.79 Å². The number of hydrogen-bond donors (Lipinski definition) is 0. The van der Waals surface area contributed by atoms with Crippen LogP contribution in [0.15, 0.2) is 22.7 Å². The molecule has 1 aromatic carbocycles. The first-order valence-corrected chi connectivity index (χ1v) is 7.44. The van der Waals surface area contributed by atoms with Crippen LogP contribution in [-0.2, 0) is 4.74 Å². The molecular formula is C15H17BrO3. The highest BCUT2D eigenvalue weighted by molar-refractivity contribution is 9.10. The van der Waals surface area contributed by atoms with E-state index < -0.39 is 0 Å². The molecule has 3 rings (SSSR count). The van der Waals surface area contributed by atoms with Crippen LogP contribution in [-0.4, -0.2) is 23.6 Å². The van der Waals surface area contributed by atoms with Crippen molar-refractivity contribution in [2.45, 2.75) is 50.9 Å². The van der Waals surface area contributed by atoms with Gasteiger partial charge in [-0.2, -0.15) is 0 Å². The zero-order valence-corrected chi connectivity index (χ0v) is 12.7. The van der Waals surface area contributed by atoms with Gasteiger partial charge in [-0.25, -0.2) is 0 Å². The summed E-state index contributed by atoms with van der Waals surface area (Å²) in [6.45, 7) is 4.09. The predicted octanol–water partition coefficient (Wildman–Crippen LogP) is 3.74. The normalized spacial score (nSPS) is 33.9. The lowest BCUT2D eigenvalue weighted by molar-refractivity contribution is -0.120. The van der Waals surface area contributed by atoms with Crippen LogP contribution in [0.1, 0.15) is 43.5 Å². The predicted molar refractivity (Wildman–Crippen MR) is 75.7 cm³/mol. The molecule has 2 heterocycles. The third kappa shape index (κ3) is 2.43. The third-order valence-corrected chi connectivity index (χ3v) is 4.33. The van der Waals surface area contributed by atoms with E-state index in [1.807, 2.05) is 32.0 Å². The molecule has 0 aromatic heterocycles. The van der Waals surface area contributed by atoms with Crippen molar-refractivity contribution in [1.82, 2.24) is 0 Å². The lowest BCUT2D eigenvalue weighted by atomic mass is 9.80. The Morgan fingerprint density at radius 1 is 1.26 bits per heavy atom. The number of ketones is 1. The Kier molecular flexibility index (Phi) is 3.18. The first-order chi connectivity index (χ1) is 8.97. The fraction of sp³-hybridized carbons (Fsp3) is 0.533. The fourth-order valence-corrected chi connectivity index (χ4v) is 3.66. The van der Waals surface area contributed by atoms with E-state index in [-0.39, 0.29) is 23.6 Å². The lowest BCUT2D eigenvalue weighted by Gasteiger charge is -2.45. The van der Waals surface area contributed by atoms with Crippen LogP contribution in [0.25, 0.3) is 0 Å². The molecule has 0 bridgehead atoms. The SMILES string of the molecule is CC1CC2(CC(=O)c3ccc(Br)cc3O2)CC(C)O1. The number of rotatable bonds is 0. The van der Waals surface area contributed by atoms with Crippen molar-refractivity contribution in [3.05, 3.63) is 28.2 Å². The van der Waals surface area contributed by atoms with E-state index in [0.717, 1.165) is 17.3 Å². The monoisotopic (exact) mass is 324 g/mol. The molecular weight excluding hydrogens is 308 g/mol. The van der Waals surface area contributed by atoms with Crippen molar-refractivity contribution < 1.29 is 14.3 Å². The van der Waals surface area contributed by atoms with E-state index in [0.29, 0.717) is 17.7 Å². The zero-order chi connectivity index (χ0) is 13.6. The van der Waals surface area contributed by atoms with E-state index >= 15 is 0 Å². The number of hydrogen-bond acceptors (Lipinski definition) is 3. The molecule has 1 aromatic rings. The molecule has 0 radical (unpaired) electrons. The molecule has 0 amide bonds. The van der Waals surface area contributed by atoms with Crippen molar-refractivity contribution >= 4 is 21.7 Å². The number of carbonyl (C=O) groups is 1. The third-order valence-electron chi connectivity index (χ3n) is 3.84. The molecule has 102 valence electrons. The van der Waals surface area contributed by atoms with E-state index in [1.165, 1.54) is 0 Å². The van der Waals surface area contributed by atoms with Crippen LogP contribution in [0.5, 0.6) is 5.75 Å². The highest BCUT2D eigenvalue weighted by Gasteiger charge is 2.45. The summed E-state index contributed by atoms with van der Waals surface area (Å²) >= 11 is 3.43. The van der Waals surface area contributed by atoms with Crippen LogP contribution in [0.3, 0.4) is 0 Å². The molecule has 0 saturated carbocycles. The lowest BCUT2D eigenvalue weighted by Crippen LogP contribution is -2.50. The number of carbonyl (C=O) groups excluding carboxylic acids is 1. The van der Waals surface area contributed by atoms with Gasteiger partial charge in [0.15, 0.2) is 5.78 Å². The smallest absolute Gasteiger partial charge is 0.170 e. The number of ether oxygens (including phenoxy) is 2. The summed E-state index contributed by atoms with van der Waals surface area (Å²) < 4.78 is 12.9. The Morgan fingerprint density at radius 2 is 1.95 bits per heavy atom. The van der Waals surface area contributed by atoms with Gasteiger partial charge >= 0.3 is 0 Å². The second-order valence-corrected chi connectivity index (χ2v) is 6.61. The maximum atomic E-state index is 12.3. The topological polar surface area (TPSA) is 35.5 Å². The average Bonchev–Trinajstić information content (AvgIpc) is 2.25. The van der Waals surface area contributed by atoms with Crippen molar-refractivity contribution in [2.75, 3.05) is 0 Å². The minimum Gasteiger partial charge on any atom is -0.486 e. The largest absolute Gasteiger partial charge is 0.486 e. The summed E-state index contributed by atoms with van der Waals surface area (Å²) in [5.74, 6) is 0.877. The highest BCUT2D eigenvalue weighted by Crippen LogP contribution is 2.42. The molecule has 0 N–H and O–H groups in total. The molecule has 1 spiro atoms. The van der Waals surface area contributed by atoms with E-state index in [4.69, 9.17) is 9.47 Å². The number of fused-ring (bicyclic) bond motifs is 1. The summed E-state index contributed by atoms with van der Waals surface area (Å²) in [6.07, 6.45) is 2.26. The molecule has 2 aliphatic rings. The maximum absolute atomic E-state index is 12.3. The second kappa shape index (κ2) is 4.60. The van der Waals surface area contributed by atoms with E-state index in [2.05, 4.69) is 15.9 Å². The first-order valence-electron chi connectivity index (χ1n) is 6.65. The van der Waals surface area contributed by atoms with Gasteiger partial charge in [0.05, 0.1) is 24.2 Å². The van der Waals surface area contributed by atoms with Gasteiger partial charge in [0.2, 0.25) is 0 Å². The summed E-state index contributed by atoms with van der Waals surface area (Å²) in [4.78, 5) is 12.3. The quantitative estimate of drug-likeness (QED) is 0.729. The van der Waals surface area contributed by atoms with Gasteiger partial charge in [0.25, 0.3) is 0 Å². The molecule has 2 unspecified atom stereocenters. The molecule has 1 saturated heterocycles. The minimum absolute atomic E-state index is 0.130. The molecule has 19 heavy (non-hydrogen) atoms. The van der Waals surface area contributed by atoms with Gasteiger partial charge < -0.3 is 9.47 Å². The number of Topliss-reactive ketones (excluding diaryl/α,β-unsaturated/α-hetero) is 1. The van der Waals surface area contributed by atoms with E-state index in [1.54, 1.807) is 0 Å². The van der Waals surface area contributed by atoms with Crippen LogP contribution in [0.2, 0.25) is 0 Å². The molecule has 3 nitrogen and oxygen atoms in total. The molecule has 2 atom stereocenters. The van der Waals surface area contributed by atoms with Crippen molar-refractivity contribution in [3.63, 3.8) is 0 Å².